The van der Waals surface area contributed by atoms with Crippen molar-refractivity contribution in [1.29, 1.82) is 0 Å². The summed E-state index contributed by atoms with van der Waals surface area (Å²) in [5.74, 6) is 1.01. The third-order valence-electron chi connectivity index (χ3n) is 5.58. The highest BCUT2D eigenvalue weighted by Crippen LogP contribution is 2.25. The third-order valence-corrected chi connectivity index (χ3v) is 5.58. The lowest BCUT2D eigenvalue weighted by molar-refractivity contribution is 0.408. The Bertz CT molecular complexity index is 989. The molecule has 3 aromatic rings. The summed E-state index contributed by atoms with van der Waals surface area (Å²) in [6.45, 7) is 11.4. The molecule has 0 saturated heterocycles. The fraction of sp³-hybridized carbons (Fsp3) is 0.417. The van der Waals surface area contributed by atoms with E-state index in [1.165, 1.54) is 11.1 Å². The molecule has 1 N–H and O–H groups in total. The highest BCUT2D eigenvalue weighted by molar-refractivity contribution is 5.40. The van der Waals surface area contributed by atoms with Gasteiger partial charge in [0.1, 0.15) is 5.65 Å². The molecule has 2 heterocycles. The molecule has 0 saturated carbocycles. The molecule has 4 nitrogen and oxygen atoms in total. The van der Waals surface area contributed by atoms with Gasteiger partial charge in [0, 0.05) is 24.3 Å². The fourth-order valence-corrected chi connectivity index (χ4v) is 3.67. The van der Waals surface area contributed by atoms with Crippen LogP contribution >= 0.6 is 0 Å². The van der Waals surface area contributed by atoms with Gasteiger partial charge in [-0.1, -0.05) is 58.0 Å². The van der Waals surface area contributed by atoms with Gasteiger partial charge >= 0.3 is 0 Å². The molecule has 0 spiro atoms. The molecule has 0 aliphatic carbocycles. The van der Waals surface area contributed by atoms with Crippen molar-refractivity contribution in [2.24, 2.45) is 5.92 Å². The molecule has 28 heavy (non-hydrogen) atoms. The predicted octanol–water partition coefficient (Wildman–Crippen LogP) is 5.00. The molecule has 2 atom stereocenters. The summed E-state index contributed by atoms with van der Waals surface area (Å²) in [6, 6.07) is 16.5. The number of benzene rings is 1. The van der Waals surface area contributed by atoms with E-state index < -0.39 is 0 Å². The van der Waals surface area contributed by atoms with E-state index in [0.717, 1.165) is 17.8 Å². The molecular weight excluding hydrogens is 346 g/mol. The minimum Gasteiger partial charge on any atom is -0.304 e. The van der Waals surface area contributed by atoms with Gasteiger partial charge in [-0.25, -0.2) is 4.98 Å². The van der Waals surface area contributed by atoms with Crippen LogP contribution < -0.4 is 10.9 Å². The van der Waals surface area contributed by atoms with E-state index in [4.69, 9.17) is 0 Å². The summed E-state index contributed by atoms with van der Waals surface area (Å²) in [5, 5.41) is 3.61. The Kier molecular flexibility index (Phi) is 6.30. The second kappa shape index (κ2) is 8.70. The lowest BCUT2D eigenvalue weighted by Gasteiger charge is -2.23. The Morgan fingerprint density at radius 3 is 2.36 bits per heavy atom. The minimum atomic E-state index is -0.0288. The molecule has 0 unspecified atom stereocenters. The lowest BCUT2D eigenvalue weighted by Crippen LogP contribution is -2.27. The molecule has 0 amide bonds. The Morgan fingerprint density at radius 1 is 1.04 bits per heavy atom. The van der Waals surface area contributed by atoms with Crippen LogP contribution in [0.15, 0.2) is 53.3 Å². The molecule has 1 aromatic carbocycles. The van der Waals surface area contributed by atoms with Gasteiger partial charge in [0.2, 0.25) is 0 Å². The molecule has 2 aromatic heterocycles. The zero-order valence-electron chi connectivity index (χ0n) is 17.6. The number of fused-ring (bicyclic) bond motifs is 1. The van der Waals surface area contributed by atoms with Gasteiger partial charge in [-0.3, -0.25) is 9.20 Å². The second-order valence-corrected chi connectivity index (χ2v) is 8.03. The van der Waals surface area contributed by atoms with Crippen molar-refractivity contribution in [3.8, 4) is 0 Å². The number of hydrogen-bond donors (Lipinski definition) is 1. The Morgan fingerprint density at radius 2 is 1.71 bits per heavy atom. The molecule has 0 fully saturated rings. The smallest absolute Gasteiger partial charge is 0.258 e. The van der Waals surface area contributed by atoms with Crippen LogP contribution in [0.1, 0.15) is 68.6 Å². The predicted molar refractivity (Wildman–Crippen MR) is 116 cm³/mol. The van der Waals surface area contributed by atoms with Gasteiger partial charge < -0.3 is 5.32 Å². The zero-order chi connectivity index (χ0) is 20.3. The van der Waals surface area contributed by atoms with E-state index in [2.05, 4.69) is 62.3 Å². The number of pyridine rings is 1. The fourth-order valence-electron chi connectivity index (χ4n) is 3.67. The normalized spacial score (nSPS) is 13.8. The molecule has 4 heteroatoms. The number of aromatic nitrogens is 2. The molecule has 0 bridgehead atoms. The standard InChI is InChI=1S/C24H31N3O/c1-6-17(4)19-10-12-20(13-11-19)24(16(2)3)25-15-21-14-23(28)27-18(5)8-7-9-22(27)26-21/h7-14,16-17,24-25H,6,15H2,1-5H3/t17-,24-/m1/s1. The third kappa shape index (κ3) is 4.33. The van der Waals surface area contributed by atoms with Crippen molar-refractivity contribution < 1.29 is 0 Å². The summed E-state index contributed by atoms with van der Waals surface area (Å²) in [6.07, 6.45) is 1.15. The van der Waals surface area contributed by atoms with E-state index in [0.29, 0.717) is 24.0 Å². The minimum absolute atomic E-state index is 0.0288. The van der Waals surface area contributed by atoms with Gasteiger partial charge in [0.05, 0.1) is 5.69 Å². The number of rotatable bonds is 7. The first kappa shape index (κ1) is 20.3. The summed E-state index contributed by atoms with van der Waals surface area (Å²) in [5.41, 5.74) is 5.00. The van der Waals surface area contributed by atoms with E-state index >= 15 is 0 Å². The molecular formula is C24H31N3O. The maximum atomic E-state index is 12.5. The van der Waals surface area contributed by atoms with E-state index in [-0.39, 0.29) is 11.6 Å². The van der Waals surface area contributed by atoms with Crippen LogP contribution in [0.25, 0.3) is 5.65 Å². The first-order valence-corrected chi connectivity index (χ1v) is 10.2. The number of hydrogen-bond acceptors (Lipinski definition) is 3. The molecule has 0 radical (unpaired) electrons. The molecule has 0 aliphatic rings. The second-order valence-electron chi connectivity index (χ2n) is 8.03. The Hall–Kier alpha value is -2.46. The van der Waals surface area contributed by atoms with Gasteiger partial charge in [-0.05, 0) is 48.4 Å². The average Bonchev–Trinajstić information content (AvgIpc) is 2.67. The van der Waals surface area contributed by atoms with Crippen LogP contribution in [-0.2, 0) is 6.54 Å². The van der Waals surface area contributed by atoms with Crippen LogP contribution in [0.4, 0.5) is 0 Å². The van der Waals surface area contributed by atoms with Crippen molar-refractivity contribution in [3.63, 3.8) is 0 Å². The SMILES string of the molecule is CC[C@@H](C)c1ccc([C@H](NCc2cc(=O)n3c(C)cccc3n2)C(C)C)cc1. The van der Waals surface area contributed by atoms with E-state index in [9.17, 15) is 4.79 Å². The van der Waals surface area contributed by atoms with Gasteiger partial charge in [0.25, 0.3) is 5.56 Å². The van der Waals surface area contributed by atoms with Crippen molar-refractivity contribution >= 4 is 5.65 Å². The van der Waals surface area contributed by atoms with Crippen LogP contribution in [-0.4, -0.2) is 9.38 Å². The van der Waals surface area contributed by atoms with E-state index in [1.54, 1.807) is 10.5 Å². The van der Waals surface area contributed by atoms with Crippen molar-refractivity contribution in [3.05, 3.63) is 81.4 Å². The summed E-state index contributed by atoms with van der Waals surface area (Å²) >= 11 is 0. The Balaban J connectivity index is 1.80. The molecule has 3 rings (SSSR count). The van der Waals surface area contributed by atoms with Crippen LogP contribution in [0.2, 0.25) is 0 Å². The zero-order valence-corrected chi connectivity index (χ0v) is 17.6. The number of nitrogens with one attached hydrogen (secondary N) is 1. The van der Waals surface area contributed by atoms with E-state index in [1.807, 2.05) is 25.1 Å². The summed E-state index contributed by atoms with van der Waals surface area (Å²) in [4.78, 5) is 17.2. The number of aryl methyl sites for hydroxylation is 1. The molecule has 0 aliphatic heterocycles. The molecule has 148 valence electrons. The maximum Gasteiger partial charge on any atom is 0.258 e. The average molecular weight is 378 g/mol. The van der Waals surface area contributed by atoms with Crippen molar-refractivity contribution in [1.82, 2.24) is 14.7 Å². The highest BCUT2D eigenvalue weighted by atomic mass is 16.1. The summed E-state index contributed by atoms with van der Waals surface area (Å²) in [7, 11) is 0. The van der Waals surface area contributed by atoms with Gasteiger partial charge in [-0.15, -0.1) is 0 Å². The van der Waals surface area contributed by atoms with Crippen LogP contribution in [0.5, 0.6) is 0 Å². The highest BCUT2D eigenvalue weighted by Gasteiger charge is 2.16. The first-order chi connectivity index (χ1) is 13.4. The Labute approximate surface area is 167 Å². The topological polar surface area (TPSA) is 46.4 Å². The lowest BCUT2D eigenvalue weighted by atomic mass is 9.92. The first-order valence-electron chi connectivity index (χ1n) is 10.2. The summed E-state index contributed by atoms with van der Waals surface area (Å²) < 4.78 is 1.65. The van der Waals surface area contributed by atoms with Gasteiger partial charge in [0.15, 0.2) is 0 Å². The quantitative estimate of drug-likeness (QED) is 0.630. The van der Waals surface area contributed by atoms with Crippen molar-refractivity contribution in [2.45, 2.75) is 59.5 Å². The largest absolute Gasteiger partial charge is 0.304 e. The van der Waals surface area contributed by atoms with Crippen LogP contribution in [0, 0.1) is 12.8 Å². The van der Waals surface area contributed by atoms with Crippen molar-refractivity contribution in [2.75, 3.05) is 0 Å². The maximum absolute atomic E-state index is 12.5. The monoisotopic (exact) mass is 377 g/mol. The number of nitrogens with zero attached hydrogens (tertiary/aromatic N) is 2. The van der Waals surface area contributed by atoms with Gasteiger partial charge in [-0.2, -0.15) is 0 Å². The van der Waals surface area contributed by atoms with Crippen LogP contribution in [0.3, 0.4) is 0 Å².